The van der Waals surface area contributed by atoms with Crippen molar-refractivity contribution in [3.63, 3.8) is 0 Å². The van der Waals surface area contributed by atoms with E-state index in [0.717, 1.165) is 36.6 Å². The third-order valence-corrected chi connectivity index (χ3v) is 3.01. The first-order valence-electron chi connectivity index (χ1n) is 6.44. The van der Waals surface area contributed by atoms with Crippen LogP contribution in [0.15, 0.2) is 30.3 Å². The Bertz CT molecular complexity index is 490. The topological polar surface area (TPSA) is 56.7 Å². The predicted octanol–water partition coefficient (Wildman–Crippen LogP) is 2.25. The summed E-state index contributed by atoms with van der Waals surface area (Å²) in [5.41, 5.74) is 7.19. The SMILES string of the molecule is CCCC(N)Cc1nnc(C)n1-c1ccccc1. The van der Waals surface area contributed by atoms with E-state index in [-0.39, 0.29) is 6.04 Å². The van der Waals surface area contributed by atoms with E-state index in [2.05, 4.69) is 33.8 Å². The number of rotatable bonds is 5. The lowest BCUT2D eigenvalue weighted by Crippen LogP contribution is -2.24. The number of para-hydroxylation sites is 1. The summed E-state index contributed by atoms with van der Waals surface area (Å²) in [6.07, 6.45) is 2.88. The van der Waals surface area contributed by atoms with Crippen LogP contribution >= 0.6 is 0 Å². The van der Waals surface area contributed by atoms with Crippen molar-refractivity contribution in [2.24, 2.45) is 5.73 Å². The molecule has 4 nitrogen and oxygen atoms in total. The van der Waals surface area contributed by atoms with Crippen LogP contribution in [-0.4, -0.2) is 20.8 Å². The van der Waals surface area contributed by atoms with E-state index >= 15 is 0 Å². The van der Waals surface area contributed by atoms with Gasteiger partial charge in [0.15, 0.2) is 0 Å². The molecule has 0 fully saturated rings. The van der Waals surface area contributed by atoms with Crippen LogP contribution in [0.3, 0.4) is 0 Å². The molecule has 2 aromatic rings. The summed E-state index contributed by atoms with van der Waals surface area (Å²) in [7, 11) is 0. The molecule has 0 saturated heterocycles. The Kier molecular flexibility index (Phi) is 4.10. The van der Waals surface area contributed by atoms with Gasteiger partial charge in [-0.3, -0.25) is 4.57 Å². The van der Waals surface area contributed by atoms with Crippen LogP contribution in [0.25, 0.3) is 5.69 Å². The number of hydrogen-bond acceptors (Lipinski definition) is 3. The zero-order valence-corrected chi connectivity index (χ0v) is 11.0. The normalized spacial score (nSPS) is 12.6. The van der Waals surface area contributed by atoms with Crippen LogP contribution in [0.4, 0.5) is 0 Å². The highest BCUT2D eigenvalue weighted by molar-refractivity contribution is 5.33. The number of nitrogens with zero attached hydrogens (tertiary/aromatic N) is 3. The van der Waals surface area contributed by atoms with Crippen LogP contribution in [-0.2, 0) is 6.42 Å². The molecule has 96 valence electrons. The Hall–Kier alpha value is -1.68. The molecule has 1 unspecified atom stereocenters. The number of benzene rings is 1. The molecule has 1 aromatic carbocycles. The molecule has 0 saturated carbocycles. The number of aryl methyl sites for hydroxylation is 1. The maximum Gasteiger partial charge on any atom is 0.139 e. The summed E-state index contributed by atoms with van der Waals surface area (Å²) >= 11 is 0. The van der Waals surface area contributed by atoms with Crippen LogP contribution in [0.2, 0.25) is 0 Å². The van der Waals surface area contributed by atoms with Crippen molar-refractivity contribution in [2.45, 2.75) is 39.2 Å². The lowest BCUT2D eigenvalue weighted by atomic mass is 10.1. The monoisotopic (exact) mass is 244 g/mol. The fraction of sp³-hybridized carbons (Fsp3) is 0.429. The van der Waals surface area contributed by atoms with Crippen molar-refractivity contribution in [3.8, 4) is 5.69 Å². The second-order valence-corrected chi connectivity index (χ2v) is 4.59. The summed E-state index contributed by atoms with van der Waals surface area (Å²) < 4.78 is 2.08. The molecule has 2 N–H and O–H groups in total. The molecule has 1 atom stereocenters. The Labute approximate surface area is 108 Å². The first kappa shape index (κ1) is 12.8. The maximum atomic E-state index is 6.09. The minimum absolute atomic E-state index is 0.154. The molecule has 0 aliphatic rings. The molecule has 1 aromatic heterocycles. The second-order valence-electron chi connectivity index (χ2n) is 4.59. The summed E-state index contributed by atoms with van der Waals surface area (Å²) in [6.45, 7) is 4.11. The van der Waals surface area contributed by atoms with Crippen molar-refractivity contribution in [3.05, 3.63) is 42.0 Å². The van der Waals surface area contributed by atoms with Crippen molar-refractivity contribution >= 4 is 0 Å². The highest BCUT2D eigenvalue weighted by Crippen LogP contribution is 2.14. The first-order chi connectivity index (χ1) is 8.72. The Morgan fingerprint density at radius 1 is 1.22 bits per heavy atom. The Morgan fingerprint density at radius 3 is 2.61 bits per heavy atom. The largest absolute Gasteiger partial charge is 0.327 e. The van der Waals surface area contributed by atoms with E-state index < -0.39 is 0 Å². The molecule has 2 rings (SSSR count). The molecular formula is C14H20N4. The molecule has 0 amide bonds. The molecule has 1 heterocycles. The van der Waals surface area contributed by atoms with Crippen LogP contribution < -0.4 is 5.73 Å². The molecule has 0 spiro atoms. The third-order valence-electron chi connectivity index (χ3n) is 3.01. The standard InChI is InChI=1S/C14H20N4/c1-3-7-12(15)10-14-17-16-11(2)18(14)13-8-5-4-6-9-13/h4-6,8-9,12H,3,7,10,15H2,1-2H3. The van der Waals surface area contributed by atoms with E-state index in [9.17, 15) is 0 Å². The molecule has 18 heavy (non-hydrogen) atoms. The zero-order chi connectivity index (χ0) is 13.0. The van der Waals surface area contributed by atoms with E-state index in [4.69, 9.17) is 5.73 Å². The zero-order valence-electron chi connectivity index (χ0n) is 11.0. The number of aromatic nitrogens is 3. The number of hydrogen-bond donors (Lipinski definition) is 1. The summed E-state index contributed by atoms with van der Waals surface area (Å²) in [5, 5.41) is 8.41. The van der Waals surface area contributed by atoms with E-state index in [0.29, 0.717) is 0 Å². The van der Waals surface area contributed by atoms with Gasteiger partial charge in [-0.05, 0) is 25.5 Å². The van der Waals surface area contributed by atoms with Gasteiger partial charge in [0.2, 0.25) is 0 Å². The Morgan fingerprint density at radius 2 is 1.94 bits per heavy atom. The molecular weight excluding hydrogens is 224 g/mol. The van der Waals surface area contributed by atoms with Gasteiger partial charge in [0.25, 0.3) is 0 Å². The molecule has 4 heteroatoms. The van der Waals surface area contributed by atoms with Gasteiger partial charge in [-0.1, -0.05) is 31.5 Å². The molecule has 0 bridgehead atoms. The minimum Gasteiger partial charge on any atom is -0.327 e. The van der Waals surface area contributed by atoms with Gasteiger partial charge >= 0.3 is 0 Å². The molecule has 0 radical (unpaired) electrons. The lowest BCUT2D eigenvalue weighted by Gasteiger charge is -2.12. The van der Waals surface area contributed by atoms with Crippen molar-refractivity contribution < 1.29 is 0 Å². The van der Waals surface area contributed by atoms with Gasteiger partial charge in [0, 0.05) is 18.2 Å². The Balaban J connectivity index is 2.28. The van der Waals surface area contributed by atoms with Crippen molar-refractivity contribution in [2.75, 3.05) is 0 Å². The summed E-state index contributed by atoms with van der Waals surface area (Å²) in [6, 6.07) is 10.3. The van der Waals surface area contributed by atoms with E-state index in [1.807, 2.05) is 25.1 Å². The fourth-order valence-corrected chi connectivity index (χ4v) is 2.16. The second kappa shape index (κ2) is 5.78. The van der Waals surface area contributed by atoms with Gasteiger partial charge in [-0.2, -0.15) is 0 Å². The quantitative estimate of drug-likeness (QED) is 0.877. The van der Waals surface area contributed by atoms with Gasteiger partial charge in [0.05, 0.1) is 0 Å². The first-order valence-corrected chi connectivity index (χ1v) is 6.44. The van der Waals surface area contributed by atoms with Crippen LogP contribution in [0.5, 0.6) is 0 Å². The highest BCUT2D eigenvalue weighted by Gasteiger charge is 2.13. The lowest BCUT2D eigenvalue weighted by molar-refractivity contribution is 0.579. The van der Waals surface area contributed by atoms with E-state index in [1.54, 1.807) is 0 Å². The van der Waals surface area contributed by atoms with Gasteiger partial charge < -0.3 is 5.73 Å². The average Bonchev–Trinajstić information content (AvgIpc) is 2.72. The van der Waals surface area contributed by atoms with Crippen LogP contribution in [0, 0.1) is 6.92 Å². The van der Waals surface area contributed by atoms with Gasteiger partial charge in [0.1, 0.15) is 11.6 Å². The summed E-state index contributed by atoms with van der Waals surface area (Å²) in [4.78, 5) is 0. The number of nitrogens with two attached hydrogens (primary N) is 1. The highest BCUT2D eigenvalue weighted by atomic mass is 15.3. The molecule has 0 aliphatic carbocycles. The molecule has 0 aliphatic heterocycles. The maximum absolute atomic E-state index is 6.09. The van der Waals surface area contributed by atoms with Crippen molar-refractivity contribution in [1.82, 2.24) is 14.8 Å². The van der Waals surface area contributed by atoms with Gasteiger partial charge in [-0.15, -0.1) is 10.2 Å². The average molecular weight is 244 g/mol. The van der Waals surface area contributed by atoms with Crippen molar-refractivity contribution in [1.29, 1.82) is 0 Å². The predicted molar refractivity (Wildman–Crippen MR) is 72.7 cm³/mol. The minimum atomic E-state index is 0.154. The van der Waals surface area contributed by atoms with Gasteiger partial charge in [-0.25, -0.2) is 0 Å². The smallest absolute Gasteiger partial charge is 0.139 e. The van der Waals surface area contributed by atoms with E-state index in [1.165, 1.54) is 0 Å². The third kappa shape index (κ3) is 2.76. The van der Waals surface area contributed by atoms with Crippen LogP contribution in [0.1, 0.15) is 31.4 Å². The summed E-state index contributed by atoms with van der Waals surface area (Å²) in [5.74, 6) is 1.85. The fourth-order valence-electron chi connectivity index (χ4n) is 2.16.